The van der Waals surface area contributed by atoms with Crippen molar-refractivity contribution in [3.63, 3.8) is 0 Å². The lowest BCUT2D eigenvalue weighted by molar-refractivity contribution is 0.00977. The van der Waals surface area contributed by atoms with Gasteiger partial charge in [-0.15, -0.1) is 0 Å². The van der Waals surface area contributed by atoms with E-state index >= 15 is 0 Å². The molecule has 0 heterocycles. The number of benzene rings is 2. The standard InChI is InChI=1S/C23H36O2.C9H12O.CH4.H2/c1-3-19-10-6-12-21(23(19)25)15-18-9-5-8-17(13-18)14-20-11-4-7-16(2)22(20)24;1-3-8-6-4-5-7(2)9(8)10;;/h6,10,12,16-18,20,22,24-25H,3-5,7-9,11,13-15H2,1-2H3;4-6,10H,3H2,1-2H3;1H4;1H. The second-order valence-corrected chi connectivity index (χ2v) is 11.2. The molecule has 2 saturated carbocycles. The summed E-state index contributed by atoms with van der Waals surface area (Å²) in [5.74, 6) is 3.43. The molecule has 2 fully saturated rings. The Labute approximate surface area is 222 Å². The van der Waals surface area contributed by atoms with E-state index in [1.807, 2.05) is 38.1 Å². The van der Waals surface area contributed by atoms with Crippen molar-refractivity contribution >= 4 is 0 Å². The summed E-state index contributed by atoms with van der Waals surface area (Å²) < 4.78 is 0. The highest BCUT2D eigenvalue weighted by atomic mass is 16.3. The van der Waals surface area contributed by atoms with Crippen molar-refractivity contribution in [3.05, 3.63) is 58.7 Å². The Morgan fingerprint density at radius 3 is 2.06 bits per heavy atom. The van der Waals surface area contributed by atoms with Gasteiger partial charge in [-0.2, -0.15) is 0 Å². The fraction of sp³-hybridized carbons (Fsp3) is 0.636. The number of phenols is 2. The van der Waals surface area contributed by atoms with Crippen molar-refractivity contribution < 1.29 is 16.7 Å². The van der Waals surface area contributed by atoms with E-state index in [1.54, 1.807) is 0 Å². The Morgan fingerprint density at radius 2 is 1.39 bits per heavy atom. The van der Waals surface area contributed by atoms with E-state index in [0.717, 1.165) is 47.4 Å². The molecule has 2 aliphatic carbocycles. The lowest BCUT2D eigenvalue weighted by Gasteiger charge is -2.37. The second kappa shape index (κ2) is 14.7. The van der Waals surface area contributed by atoms with Crippen LogP contribution in [0.4, 0.5) is 0 Å². The van der Waals surface area contributed by atoms with Crippen LogP contribution in [0.15, 0.2) is 36.4 Å². The van der Waals surface area contributed by atoms with Crippen molar-refractivity contribution in [2.45, 2.75) is 112 Å². The summed E-state index contributed by atoms with van der Waals surface area (Å²) in [5, 5.41) is 30.4. The van der Waals surface area contributed by atoms with Crippen molar-refractivity contribution in [2.24, 2.45) is 23.7 Å². The van der Waals surface area contributed by atoms with E-state index in [9.17, 15) is 15.3 Å². The van der Waals surface area contributed by atoms with Crippen LogP contribution in [0.3, 0.4) is 0 Å². The van der Waals surface area contributed by atoms with Gasteiger partial charge in [-0.05, 0) is 97.8 Å². The molecule has 0 amide bonds. The van der Waals surface area contributed by atoms with Gasteiger partial charge in [0.15, 0.2) is 0 Å². The first kappa shape index (κ1) is 30.2. The minimum atomic E-state index is -0.0839. The fourth-order valence-corrected chi connectivity index (χ4v) is 6.41. The maximum absolute atomic E-state index is 10.5. The Hall–Kier alpha value is -2.00. The summed E-state index contributed by atoms with van der Waals surface area (Å²) in [6, 6.07) is 12.1. The quantitative estimate of drug-likeness (QED) is 0.373. The molecule has 4 rings (SSSR count). The van der Waals surface area contributed by atoms with Gasteiger partial charge in [0.1, 0.15) is 11.5 Å². The second-order valence-electron chi connectivity index (χ2n) is 11.2. The van der Waals surface area contributed by atoms with Gasteiger partial charge in [-0.1, -0.05) is 90.3 Å². The molecule has 5 atom stereocenters. The number of para-hydroxylation sites is 2. The van der Waals surface area contributed by atoms with Gasteiger partial charge in [-0.25, -0.2) is 0 Å². The number of aryl methyl sites for hydroxylation is 3. The maximum atomic E-state index is 10.5. The van der Waals surface area contributed by atoms with Crippen molar-refractivity contribution in [1.29, 1.82) is 0 Å². The number of rotatable bonds is 6. The van der Waals surface area contributed by atoms with Gasteiger partial charge in [0.25, 0.3) is 0 Å². The smallest absolute Gasteiger partial charge is 0.121 e. The molecule has 0 radical (unpaired) electrons. The molecular formula is C33H54O3. The predicted molar refractivity (Wildman–Crippen MR) is 155 cm³/mol. The molecule has 204 valence electrons. The van der Waals surface area contributed by atoms with E-state index in [1.165, 1.54) is 51.4 Å². The number of aliphatic hydroxyl groups is 1. The molecule has 0 spiro atoms. The minimum absolute atomic E-state index is 0. The Bertz CT molecular complexity index is 928. The average molecular weight is 499 g/mol. The number of aromatic hydroxyl groups is 2. The van der Waals surface area contributed by atoms with E-state index in [-0.39, 0.29) is 15.0 Å². The van der Waals surface area contributed by atoms with Crippen LogP contribution in [0.5, 0.6) is 11.5 Å². The van der Waals surface area contributed by atoms with Crippen LogP contribution in [0.25, 0.3) is 0 Å². The van der Waals surface area contributed by atoms with Crippen LogP contribution in [-0.2, 0) is 19.3 Å². The molecule has 0 bridgehead atoms. The first-order valence-electron chi connectivity index (χ1n) is 14.1. The molecule has 3 nitrogen and oxygen atoms in total. The van der Waals surface area contributed by atoms with Crippen LogP contribution >= 0.6 is 0 Å². The zero-order valence-electron chi connectivity index (χ0n) is 22.5. The van der Waals surface area contributed by atoms with Gasteiger partial charge < -0.3 is 15.3 Å². The van der Waals surface area contributed by atoms with Crippen LogP contribution in [0.2, 0.25) is 0 Å². The monoisotopic (exact) mass is 498 g/mol. The molecule has 2 aromatic rings. The van der Waals surface area contributed by atoms with Crippen molar-refractivity contribution in [3.8, 4) is 11.5 Å². The maximum Gasteiger partial charge on any atom is 0.121 e. The van der Waals surface area contributed by atoms with Gasteiger partial charge in [-0.3, -0.25) is 0 Å². The molecule has 5 unspecified atom stereocenters. The normalized spacial score (nSPS) is 25.9. The van der Waals surface area contributed by atoms with Crippen molar-refractivity contribution in [2.75, 3.05) is 0 Å². The Kier molecular flexibility index (Phi) is 12.3. The summed E-state index contributed by atoms with van der Waals surface area (Å²) in [5.41, 5.74) is 4.19. The van der Waals surface area contributed by atoms with Gasteiger partial charge >= 0.3 is 0 Å². The highest BCUT2D eigenvalue weighted by molar-refractivity contribution is 5.40. The topological polar surface area (TPSA) is 60.7 Å². The van der Waals surface area contributed by atoms with Crippen LogP contribution in [0, 0.1) is 30.6 Å². The number of hydrogen-bond donors (Lipinski definition) is 3. The first-order chi connectivity index (χ1) is 16.8. The van der Waals surface area contributed by atoms with E-state index in [0.29, 0.717) is 29.3 Å². The van der Waals surface area contributed by atoms with E-state index in [4.69, 9.17) is 0 Å². The summed E-state index contributed by atoms with van der Waals surface area (Å²) >= 11 is 0. The molecule has 36 heavy (non-hydrogen) atoms. The molecule has 0 aromatic heterocycles. The largest absolute Gasteiger partial charge is 0.507 e. The summed E-state index contributed by atoms with van der Waals surface area (Å²) in [4.78, 5) is 0. The number of aliphatic hydroxyl groups excluding tert-OH is 1. The van der Waals surface area contributed by atoms with Gasteiger partial charge in [0.05, 0.1) is 6.10 Å². The average Bonchev–Trinajstić information content (AvgIpc) is 2.86. The lowest BCUT2D eigenvalue weighted by atomic mass is 9.70. The van der Waals surface area contributed by atoms with E-state index in [2.05, 4.69) is 26.0 Å². The molecule has 2 aromatic carbocycles. The molecule has 3 N–H and O–H groups in total. The highest BCUT2D eigenvalue weighted by Crippen LogP contribution is 2.40. The van der Waals surface area contributed by atoms with E-state index < -0.39 is 0 Å². The first-order valence-corrected chi connectivity index (χ1v) is 14.1. The lowest BCUT2D eigenvalue weighted by Crippen LogP contribution is -2.34. The van der Waals surface area contributed by atoms with Crippen molar-refractivity contribution in [1.82, 2.24) is 0 Å². The minimum Gasteiger partial charge on any atom is -0.507 e. The van der Waals surface area contributed by atoms with Gasteiger partial charge in [0, 0.05) is 1.43 Å². The third kappa shape index (κ3) is 8.00. The van der Waals surface area contributed by atoms with Crippen LogP contribution in [0.1, 0.15) is 103 Å². The highest BCUT2D eigenvalue weighted by Gasteiger charge is 2.32. The zero-order chi connectivity index (χ0) is 25.4. The molecule has 0 saturated heterocycles. The number of phenolic OH excluding ortho intramolecular Hbond substituents is 2. The molecule has 2 aliphatic rings. The Balaban J connectivity index is 0.000000485. The number of hydrogen-bond acceptors (Lipinski definition) is 3. The molecule has 0 aliphatic heterocycles. The summed E-state index contributed by atoms with van der Waals surface area (Å²) in [7, 11) is 0. The molecule has 3 heteroatoms. The van der Waals surface area contributed by atoms with Crippen LogP contribution < -0.4 is 0 Å². The summed E-state index contributed by atoms with van der Waals surface area (Å²) in [6.07, 6.45) is 12.8. The Morgan fingerprint density at radius 1 is 0.806 bits per heavy atom. The molecular weight excluding hydrogens is 444 g/mol. The fourth-order valence-electron chi connectivity index (χ4n) is 6.41. The third-order valence-corrected chi connectivity index (χ3v) is 8.62. The third-order valence-electron chi connectivity index (χ3n) is 8.62. The SMILES string of the molecule is C.CCc1cccc(C)c1O.CCc1cccc(CC2CCCC(CC3CCCC(C)C3O)C2)c1O.[HH]. The van der Waals surface area contributed by atoms with Crippen LogP contribution in [-0.4, -0.2) is 21.4 Å². The summed E-state index contributed by atoms with van der Waals surface area (Å²) in [6.45, 7) is 8.26. The van der Waals surface area contributed by atoms with Gasteiger partial charge in [0.2, 0.25) is 0 Å². The zero-order valence-corrected chi connectivity index (χ0v) is 22.5. The predicted octanol–water partition coefficient (Wildman–Crippen LogP) is 8.64.